The van der Waals surface area contributed by atoms with Gasteiger partial charge < -0.3 is 45.8 Å². The number of rotatable bonds is 38. The van der Waals surface area contributed by atoms with Crippen LogP contribution in [-0.2, 0) is 36.0 Å². The van der Waals surface area contributed by atoms with Crippen molar-refractivity contribution in [1.82, 2.24) is 9.80 Å². The minimum atomic E-state index is -1.72. The molecule has 0 aliphatic heterocycles. The molecule has 10 nitrogen and oxygen atoms in total. The number of ether oxygens (including phenoxy) is 2. The van der Waals surface area contributed by atoms with Gasteiger partial charge in [0.1, 0.15) is 0 Å². The summed E-state index contributed by atoms with van der Waals surface area (Å²) in [5.74, 6) is 0. The molecule has 0 aliphatic rings. The zero-order chi connectivity index (χ0) is 40.1. The Balaban J connectivity index is 6.00. The lowest BCUT2D eigenvalue weighted by molar-refractivity contribution is 0.00738. The highest BCUT2D eigenvalue weighted by molar-refractivity contribution is 6.46. The van der Waals surface area contributed by atoms with Crippen LogP contribution in [0.15, 0.2) is 0 Å². The van der Waals surface area contributed by atoms with E-state index in [4.69, 9.17) is 36.0 Å². The summed E-state index contributed by atoms with van der Waals surface area (Å²) in [6.07, 6.45) is 7.91. The second-order valence-electron chi connectivity index (χ2n) is 15.5. The van der Waals surface area contributed by atoms with E-state index in [2.05, 4.69) is 107 Å². The van der Waals surface area contributed by atoms with Crippen molar-refractivity contribution >= 4 is 38.1 Å². The Bertz CT molecular complexity index is 770. The Hall–Kier alpha value is 0.468. The predicted molar refractivity (Wildman–Crippen MR) is 234 cm³/mol. The summed E-state index contributed by atoms with van der Waals surface area (Å²) in [5, 5.41) is -0.352. The smallest absolute Gasteiger partial charge is 0.324 e. The van der Waals surface area contributed by atoms with Crippen LogP contribution in [0.25, 0.3) is 0 Å². The number of hydrogen-bond acceptors (Lipinski definition) is 10. The molecular weight excluding hydrogens is 737 g/mol. The van der Waals surface area contributed by atoms with E-state index in [1.54, 1.807) is 0 Å². The Kier molecular flexibility index (Phi) is 32.7. The van der Waals surface area contributed by atoms with Crippen LogP contribution >= 0.6 is 0 Å². The third-order valence-electron chi connectivity index (χ3n) is 10.4. The fraction of sp³-hybridized carbons (Fsp3) is 1.00. The summed E-state index contributed by atoms with van der Waals surface area (Å²) >= 11 is 0. The molecule has 0 aromatic heterocycles. The van der Waals surface area contributed by atoms with Crippen LogP contribution in [0.1, 0.15) is 142 Å². The highest BCUT2D eigenvalue weighted by atomic mass is 28.3. The van der Waals surface area contributed by atoms with E-state index in [0.29, 0.717) is 23.3 Å². The van der Waals surface area contributed by atoms with E-state index in [1.165, 1.54) is 0 Å². The molecule has 0 saturated heterocycles. The van der Waals surface area contributed by atoms with Crippen molar-refractivity contribution in [3.8, 4) is 0 Å². The summed E-state index contributed by atoms with van der Waals surface area (Å²) in [6.45, 7) is 41.0. The maximum atomic E-state index is 6.41. The van der Waals surface area contributed by atoms with Crippen molar-refractivity contribution in [2.75, 3.05) is 78.9 Å². The summed E-state index contributed by atoms with van der Waals surface area (Å²) in [4.78, 5) is 5.36. The van der Waals surface area contributed by atoms with Crippen LogP contribution in [0.5, 0.6) is 0 Å². The molecule has 0 aliphatic carbocycles. The van der Waals surface area contributed by atoms with Gasteiger partial charge in [-0.05, 0) is 151 Å². The molecule has 0 aromatic carbocycles. The fourth-order valence-corrected chi connectivity index (χ4v) is 13.0. The standard InChI is InChI=1S/C39H90N2O8Si4/c1-15-34(9)48-50-38(13,42-17-3)26-32-40(30-24-36(11)52(44-19-5)45-20-6)28-23-29-41(31-25-37(12)53(46-21-7)47-22-8)33-27-39(14,43-18-4)51-49-35(10)16-2/h34-37,52-53H,15-33,50-51H2,1-14H3. The Labute approximate surface area is 337 Å². The molecule has 6 unspecified atom stereocenters. The first-order chi connectivity index (χ1) is 25.3. The molecule has 14 heteroatoms. The SMILES string of the molecule is CCO[SiH](OCC)C(C)CCN(CCCN(CCC(C)[SiH](OCC)OCC)CCC(C)(OCC)[SiH2]OC(C)CC)CCC(C)(OCC)[SiH2]OC(C)CC. The molecule has 320 valence electrons. The van der Waals surface area contributed by atoms with E-state index in [-0.39, 0.29) is 10.4 Å². The normalized spacial score (nSPS) is 17.5. The Morgan fingerprint density at radius 2 is 0.830 bits per heavy atom. The average Bonchev–Trinajstić information content (AvgIpc) is 3.14. The molecule has 0 rings (SSSR count). The summed E-state index contributed by atoms with van der Waals surface area (Å²) in [7, 11) is -5.16. The van der Waals surface area contributed by atoms with Crippen molar-refractivity contribution < 1.29 is 36.0 Å². The highest BCUT2D eigenvalue weighted by Crippen LogP contribution is 2.23. The van der Waals surface area contributed by atoms with Gasteiger partial charge >= 0.3 is 18.6 Å². The van der Waals surface area contributed by atoms with Gasteiger partial charge in [0.25, 0.3) is 0 Å². The molecule has 0 radical (unpaired) electrons. The van der Waals surface area contributed by atoms with Crippen LogP contribution in [-0.4, -0.2) is 149 Å². The van der Waals surface area contributed by atoms with E-state index in [0.717, 1.165) is 124 Å². The van der Waals surface area contributed by atoms with Gasteiger partial charge in [-0.25, -0.2) is 0 Å². The van der Waals surface area contributed by atoms with Crippen LogP contribution in [0.4, 0.5) is 0 Å². The third-order valence-corrected chi connectivity index (χ3v) is 19.4. The van der Waals surface area contributed by atoms with Gasteiger partial charge in [0, 0.05) is 64.9 Å². The van der Waals surface area contributed by atoms with E-state index >= 15 is 0 Å². The second-order valence-corrected chi connectivity index (χ2v) is 24.8. The molecule has 53 heavy (non-hydrogen) atoms. The van der Waals surface area contributed by atoms with Gasteiger partial charge in [0.05, 0.1) is 10.4 Å². The van der Waals surface area contributed by atoms with Crippen molar-refractivity contribution in [2.45, 2.75) is 176 Å². The molecule has 0 saturated carbocycles. The Morgan fingerprint density at radius 3 is 1.11 bits per heavy atom. The van der Waals surface area contributed by atoms with Gasteiger partial charge in [-0.15, -0.1) is 0 Å². The summed E-state index contributed by atoms with van der Waals surface area (Å²) in [5.41, 5.74) is 0.894. The highest BCUT2D eigenvalue weighted by Gasteiger charge is 2.30. The topological polar surface area (TPSA) is 80.3 Å². The van der Waals surface area contributed by atoms with Crippen molar-refractivity contribution in [3.63, 3.8) is 0 Å². The van der Waals surface area contributed by atoms with Crippen LogP contribution < -0.4 is 0 Å². The predicted octanol–water partition coefficient (Wildman–Crippen LogP) is 6.21. The maximum Gasteiger partial charge on any atom is 0.324 e. The second kappa shape index (κ2) is 32.4. The molecule has 0 bridgehead atoms. The first kappa shape index (κ1) is 53.5. The lowest BCUT2D eigenvalue weighted by Crippen LogP contribution is -2.44. The first-order valence-corrected chi connectivity index (χ1v) is 27.5. The minimum absolute atomic E-state index is 0.176. The molecule has 0 aromatic rings. The molecule has 0 N–H and O–H groups in total. The quantitative estimate of drug-likeness (QED) is 0.0671. The zero-order valence-electron chi connectivity index (χ0n) is 37.5. The zero-order valence-corrected chi connectivity index (χ0v) is 42.6. The number of hydrogen-bond donors (Lipinski definition) is 0. The van der Waals surface area contributed by atoms with E-state index in [1.807, 2.05) is 0 Å². The van der Waals surface area contributed by atoms with E-state index < -0.39 is 38.1 Å². The van der Waals surface area contributed by atoms with Crippen LogP contribution in [0, 0.1) is 0 Å². The molecular formula is C39H90N2O8Si4. The molecule has 0 fully saturated rings. The van der Waals surface area contributed by atoms with E-state index in [9.17, 15) is 0 Å². The lowest BCUT2D eigenvalue weighted by Gasteiger charge is -2.35. The van der Waals surface area contributed by atoms with Crippen LogP contribution in [0.2, 0.25) is 11.1 Å². The van der Waals surface area contributed by atoms with Gasteiger partial charge in [0.2, 0.25) is 0 Å². The van der Waals surface area contributed by atoms with Crippen LogP contribution in [0.3, 0.4) is 0 Å². The fourth-order valence-electron chi connectivity index (χ4n) is 6.37. The maximum absolute atomic E-state index is 6.41. The molecule has 0 spiro atoms. The van der Waals surface area contributed by atoms with Gasteiger partial charge in [-0.3, -0.25) is 0 Å². The monoisotopic (exact) mass is 827 g/mol. The minimum Gasteiger partial charge on any atom is -0.418 e. The largest absolute Gasteiger partial charge is 0.418 e. The van der Waals surface area contributed by atoms with Gasteiger partial charge in [-0.2, -0.15) is 0 Å². The average molecular weight is 827 g/mol. The van der Waals surface area contributed by atoms with Crippen molar-refractivity contribution in [2.24, 2.45) is 0 Å². The van der Waals surface area contributed by atoms with Gasteiger partial charge in [0.15, 0.2) is 19.5 Å². The third kappa shape index (κ3) is 25.4. The van der Waals surface area contributed by atoms with Crippen molar-refractivity contribution in [1.29, 1.82) is 0 Å². The summed E-state index contributed by atoms with van der Waals surface area (Å²) < 4.78 is 50.1. The molecule has 0 heterocycles. The van der Waals surface area contributed by atoms with Gasteiger partial charge in [-0.1, -0.05) is 27.7 Å². The van der Waals surface area contributed by atoms with Crippen molar-refractivity contribution in [3.05, 3.63) is 0 Å². The summed E-state index contributed by atoms with van der Waals surface area (Å²) in [6, 6.07) is 0. The Morgan fingerprint density at radius 1 is 0.491 bits per heavy atom. The number of nitrogens with zero attached hydrogens (tertiary/aromatic N) is 2. The first-order valence-electron chi connectivity index (χ1n) is 21.7. The molecule has 0 amide bonds. The lowest BCUT2D eigenvalue weighted by atomic mass is 10.2. The molecule has 6 atom stereocenters.